The van der Waals surface area contributed by atoms with Crippen LogP contribution in [0.25, 0.3) is 0 Å². The Bertz CT molecular complexity index is 977. The molecule has 2 heterocycles. The number of hydrogen-bond donors (Lipinski definition) is 2. The van der Waals surface area contributed by atoms with Crippen molar-refractivity contribution in [2.75, 3.05) is 11.9 Å². The van der Waals surface area contributed by atoms with Crippen molar-refractivity contribution < 1.29 is 18.7 Å². The molecule has 0 aliphatic heterocycles. The summed E-state index contributed by atoms with van der Waals surface area (Å²) in [6.07, 6.45) is 1.71. The van der Waals surface area contributed by atoms with E-state index in [1.54, 1.807) is 31.3 Å². The number of anilines is 1. The summed E-state index contributed by atoms with van der Waals surface area (Å²) in [6.45, 7) is 2.10. The minimum Gasteiger partial charge on any atom is -0.486 e. The average Bonchev–Trinajstić information content (AvgIpc) is 3.09. The Morgan fingerprint density at radius 2 is 1.97 bits per heavy atom. The summed E-state index contributed by atoms with van der Waals surface area (Å²) in [4.78, 5) is 33.1. The van der Waals surface area contributed by atoms with Gasteiger partial charge >= 0.3 is 0 Å². The molecule has 2 N–H and O–H groups in total. The van der Waals surface area contributed by atoms with Gasteiger partial charge in [0.05, 0.1) is 5.69 Å². The van der Waals surface area contributed by atoms with Gasteiger partial charge in [0.2, 0.25) is 5.91 Å². The van der Waals surface area contributed by atoms with E-state index in [0.717, 1.165) is 0 Å². The van der Waals surface area contributed by atoms with Gasteiger partial charge in [0.15, 0.2) is 0 Å². The third kappa shape index (κ3) is 6.08. The van der Waals surface area contributed by atoms with Gasteiger partial charge in [-0.1, -0.05) is 6.07 Å². The fraction of sp³-hybridized carbons (Fsp3) is 0.200. The summed E-state index contributed by atoms with van der Waals surface area (Å²) < 4.78 is 18.5. The maximum absolute atomic E-state index is 12.9. The second-order valence-corrected chi connectivity index (χ2v) is 7.12. The molecule has 150 valence electrons. The highest BCUT2D eigenvalue weighted by molar-refractivity contribution is 7.13. The van der Waals surface area contributed by atoms with Crippen LogP contribution in [0.3, 0.4) is 0 Å². The SMILES string of the molecule is Cc1nc(COc2ccc(F)cc2)sc1C(=O)NCCC(=O)Nc1ccccn1. The number of rotatable bonds is 8. The van der Waals surface area contributed by atoms with Gasteiger partial charge in [-0.15, -0.1) is 11.3 Å². The Morgan fingerprint density at radius 1 is 1.17 bits per heavy atom. The number of benzene rings is 1. The van der Waals surface area contributed by atoms with E-state index in [-0.39, 0.29) is 37.2 Å². The van der Waals surface area contributed by atoms with Crippen LogP contribution in [0.5, 0.6) is 5.75 Å². The van der Waals surface area contributed by atoms with E-state index >= 15 is 0 Å². The lowest BCUT2D eigenvalue weighted by Gasteiger charge is -2.05. The first-order chi connectivity index (χ1) is 14.0. The largest absolute Gasteiger partial charge is 0.486 e. The Labute approximate surface area is 171 Å². The lowest BCUT2D eigenvalue weighted by Crippen LogP contribution is -2.27. The van der Waals surface area contributed by atoms with Gasteiger partial charge in [-0.3, -0.25) is 9.59 Å². The number of thiazole rings is 1. The molecular formula is C20H19FN4O3S. The van der Waals surface area contributed by atoms with Crippen molar-refractivity contribution in [3.63, 3.8) is 0 Å². The first-order valence-electron chi connectivity index (χ1n) is 8.85. The number of ether oxygens (including phenoxy) is 1. The van der Waals surface area contributed by atoms with E-state index in [9.17, 15) is 14.0 Å². The number of carbonyl (C=O) groups excluding carboxylic acids is 2. The molecule has 2 amide bonds. The summed E-state index contributed by atoms with van der Waals surface area (Å²) >= 11 is 1.22. The molecule has 0 spiro atoms. The third-order valence-corrected chi connectivity index (χ3v) is 4.92. The number of hydrogen-bond acceptors (Lipinski definition) is 6. The molecule has 0 radical (unpaired) electrons. The number of pyridine rings is 1. The first kappa shape index (κ1) is 20.4. The average molecular weight is 414 g/mol. The van der Waals surface area contributed by atoms with Crippen molar-refractivity contribution in [3.8, 4) is 5.75 Å². The van der Waals surface area contributed by atoms with Crippen molar-refractivity contribution in [1.82, 2.24) is 15.3 Å². The maximum atomic E-state index is 12.9. The monoisotopic (exact) mass is 414 g/mol. The number of carbonyl (C=O) groups is 2. The van der Waals surface area contributed by atoms with Crippen LogP contribution >= 0.6 is 11.3 Å². The molecule has 0 aliphatic rings. The molecule has 0 saturated heterocycles. The molecule has 0 saturated carbocycles. The van der Waals surface area contributed by atoms with Gasteiger partial charge in [-0.2, -0.15) is 0 Å². The summed E-state index contributed by atoms with van der Waals surface area (Å²) in [5.41, 5.74) is 0.586. The molecule has 2 aromatic heterocycles. The normalized spacial score (nSPS) is 10.4. The zero-order chi connectivity index (χ0) is 20.6. The van der Waals surface area contributed by atoms with Crippen LogP contribution in [0.1, 0.15) is 26.8 Å². The van der Waals surface area contributed by atoms with Crippen LogP contribution in [-0.2, 0) is 11.4 Å². The third-order valence-electron chi connectivity index (χ3n) is 3.79. The van der Waals surface area contributed by atoms with Crippen LogP contribution in [0.15, 0.2) is 48.7 Å². The van der Waals surface area contributed by atoms with Crippen molar-refractivity contribution in [3.05, 3.63) is 70.1 Å². The van der Waals surface area contributed by atoms with E-state index in [4.69, 9.17) is 4.74 Å². The van der Waals surface area contributed by atoms with Crippen molar-refractivity contribution in [2.45, 2.75) is 20.0 Å². The van der Waals surface area contributed by atoms with Gasteiger partial charge in [-0.05, 0) is 43.3 Å². The molecule has 0 unspecified atom stereocenters. The predicted octanol–water partition coefficient (Wildman–Crippen LogP) is 3.32. The van der Waals surface area contributed by atoms with Crippen LogP contribution in [-0.4, -0.2) is 28.3 Å². The predicted molar refractivity (Wildman–Crippen MR) is 107 cm³/mol. The molecule has 7 nitrogen and oxygen atoms in total. The van der Waals surface area contributed by atoms with Gasteiger partial charge in [0.25, 0.3) is 5.91 Å². The first-order valence-corrected chi connectivity index (χ1v) is 9.66. The van der Waals surface area contributed by atoms with Crippen molar-refractivity contribution in [1.29, 1.82) is 0 Å². The van der Waals surface area contributed by atoms with Crippen molar-refractivity contribution in [2.24, 2.45) is 0 Å². The molecule has 3 aromatic rings. The molecule has 9 heteroatoms. The smallest absolute Gasteiger partial charge is 0.263 e. The molecule has 29 heavy (non-hydrogen) atoms. The summed E-state index contributed by atoms with van der Waals surface area (Å²) in [5.74, 6) is 0.115. The summed E-state index contributed by atoms with van der Waals surface area (Å²) in [6, 6.07) is 10.9. The minimum absolute atomic E-state index is 0.126. The van der Waals surface area contributed by atoms with Crippen LogP contribution in [0.2, 0.25) is 0 Å². The summed E-state index contributed by atoms with van der Waals surface area (Å²) in [7, 11) is 0. The number of amides is 2. The van der Waals surface area contributed by atoms with Gasteiger partial charge in [0, 0.05) is 19.2 Å². The molecule has 0 aliphatic carbocycles. The lowest BCUT2D eigenvalue weighted by atomic mass is 10.3. The zero-order valence-electron chi connectivity index (χ0n) is 15.6. The Hall–Kier alpha value is -3.33. The standard InChI is InChI=1S/C20H19FN4O3S/c1-13-19(29-18(24-13)12-28-15-7-5-14(21)6-8-15)20(27)23-11-9-17(26)25-16-4-2-3-10-22-16/h2-8,10H,9,11-12H2,1H3,(H,23,27)(H,22,25,26). The molecule has 3 rings (SSSR count). The highest BCUT2D eigenvalue weighted by atomic mass is 32.1. The molecule has 0 atom stereocenters. The van der Waals surface area contributed by atoms with Crippen LogP contribution in [0.4, 0.5) is 10.2 Å². The topological polar surface area (TPSA) is 93.2 Å². The van der Waals surface area contributed by atoms with Crippen LogP contribution < -0.4 is 15.4 Å². The highest BCUT2D eigenvalue weighted by Gasteiger charge is 2.16. The summed E-state index contributed by atoms with van der Waals surface area (Å²) in [5, 5.41) is 6.00. The number of nitrogens with one attached hydrogen (secondary N) is 2. The second kappa shape index (κ2) is 9.74. The van der Waals surface area contributed by atoms with E-state index in [1.165, 1.54) is 35.6 Å². The van der Waals surface area contributed by atoms with E-state index < -0.39 is 0 Å². The molecule has 0 fully saturated rings. The number of aromatic nitrogens is 2. The highest BCUT2D eigenvalue weighted by Crippen LogP contribution is 2.20. The zero-order valence-corrected chi connectivity index (χ0v) is 16.5. The fourth-order valence-corrected chi connectivity index (χ4v) is 3.31. The van der Waals surface area contributed by atoms with E-state index in [2.05, 4.69) is 20.6 Å². The van der Waals surface area contributed by atoms with Gasteiger partial charge < -0.3 is 15.4 Å². The number of nitrogens with zero attached hydrogens (tertiary/aromatic N) is 2. The van der Waals surface area contributed by atoms with Crippen LogP contribution in [0, 0.1) is 12.7 Å². The Kier molecular flexibility index (Phi) is 6.85. The fourth-order valence-electron chi connectivity index (χ4n) is 2.41. The molecule has 1 aromatic carbocycles. The van der Waals surface area contributed by atoms with E-state index in [0.29, 0.717) is 27.1 Å². The number of halogens is 1. The van der Waals surface area contributed by atoms with Gasteiger partial charge in [-0.25, -0.2) is 14.4 Å². The minimum atomic E-state index is -0.338. The lowest BCUT2D eigenvalue weighted by molar-refractivity contribution is -0.116. The maximum Gasteiger partial charge on any atom is 0.263 e. The molecule has 0 bridgehead atoms. The number of aryl methyl sites for hydroxylation is 1. The van der Waals surface area contributed by atoms with Crippen molar-refractivity contribution >= 4 is 29.0 Å². The van der Waals surface area contributed by atoms with Gasteiger partial charge in [0.1, 0.15) is 33.9 Å². The molecular weight excluding hydrogens is 395 g/mol. The second-order valence-electron chi connectivity index (χ2n) is 6.03. The Balaban J connectivity index is 1.46. The van der Waals surface area contributed by atoms with E-state index in [1.807, 2.05) is 0 Å². The Morgan fingerprint density at radius 3 is 2.69 bits per heavy atom. The quantitative estimate of drug-likeness (QED) is 0.590.